The van der Waals surface area contributed by atoms with Crippen LogP contribution in [-0.4, -0.2) is 47.8 Å². The van der Waals surface area contributed by atoms with Gasteiger partial charge in [-0.1, -0.05) is 17.8 Å². The van der Waals surface area contributed by atoms with Crippen molar-refractivity contribution in [2.45, 2.75) is 11.7 Å². The first-order valence-electron chi connectivity index (χ1n) is 8.23. The van der Waals surface area contributed by atoms with E-state index >= 15 is 0 Å². The average Bonchev–Trinajstić information content (AvgIpc) is 3.08. The van der Waals surface area contributed by atoms with E-state index in [2.05, 4.69) is 9.97 Å². The standard InChI is InChI=1S/C19H20FN3O3S/c1-23(10-12-4-7-17(26-3)14(20)8-12)18(24)11-27-19-21-15-6-5-13(25-2)9-16(15)22-19/h4-9H,10-11H2,1-3H3,(H,21,22). The minimum absolute atomic E-state index is 0.0748. The Kier molecular flexibility index (Phi) is 5.85. The van der Waals surface area contributed by atoms with E-state index in [0.717, 1.165) is 16.8 Å². The summed E-state index contributed by atoms with van der Waals surface area (Å²) in [6, 6.07) is 10.2. The molecule has 1 N–H and O–H groups in total. The second kappa shape index (κ2) is 8.30. The Hall–Kier alpha value is -2.74. The number of hydrogen-bond acceptors (Lipinski definition) is 5. The molecule has 0 aliphatic carbocycles. The highest BCUT2D eigenvalue weighted by atomic mass is 32.2. The Morgan fingerprint density at radius 1 is 1.22 bits per heavy atom. The smallest absolute Gasteiger partial charge is 0.233 e. The number of benzene rings is 2. The molecule has 0 saturated heterocycles. The van der Waals surface area contributed by atoms with Crippen LogP contribution in [0, 0.1) is 5.82 Å². The molecule has 2 aromatic carbocycles. The van der Waals surface area contributed by atoms with Gasteiger partial charge in [-0.05, 0) is 29.8 Å². The second-order valence-corrected chi connectivity index (χ2v) is 6.90. The van der Waals surface area contributed by atoms with E-state index < -0.39 is 5.82 Å². The quantitative estimate of drug-likeness (QED) is 0.627. The van der Waals surface area contributed by atoms with Crippen LogP contribution >= 0.6 is 11.8 Å². The second-order valence-electron chi connectivity index (χ2n) is 5.93. The fraction of sp³-hybridized carbons (Fsp3) is 0.263. The Morgan fingerprint density at radius 3 is 2.74 bits per heavy atom. The summed E-state index contributed by atoms with van der Waals surface area (Å²) in [6.45, 7) is 0.317. The number of rotatable bonds is 7. The van der Waals surface area contributed by atoms with Crippen molar-refractivity contribution in [1.29, 1.82) is 0 Å². The number of hydrogen-bond donors (Lipinski definition) is 1. The molecule has 0 saturated carbocycles. The molecule has 0 aliphatic rings. The zero-order valence-electron chi connectivity index (χ0n) is 15.3. The largest absolute Gasteiger partial charge is 0.497 e. The van der Waals surface area contributed by atoms with Gasteiger partial charge in [0.15, 0.2) is 16.7 Å². The maximum Gasteiger partial charge on any atom is 0.233 e. The van der Waals surface area contributed by atoms with E-state index in [1.165, 1.54) is 24.9 Å². The molecule has 0 radical (unpaired) electrons. The Balaban J connectivity index is 1.59. The van der Waals surface area contributed by atoms with Gasteiger partial charge in [-0.2, -0.15) is 0 Å². The number of amides is 1. The fourth-order valence-corrected chi connectivity index (χ4v) is 3.40. The van der Waals surface area contributed by atoms with Crippen molar-refractivity contribution in [1.82, 2.24) is 14.9 Å². The predicted octanol–water partition coefficient (Wildman–Crippen LogP) is 3.47. The van der Waals surface area contributed by atoms with Crippen LogP contribution in [0.5, 0.6) is 11.5 Å². The van der Waals surface area contributed by atoms with E-state index in [9.17, 15) is 9.18 Å². The van der Waals surface area contributed by atoms with E-state index in [0.29, 0.717) is 17.3 Å². The fourth-order valence-electron chi connectivity index (χ4n) is 2.57. The van der Waals surface area contributed by atoms with Crippen molar-refractivity contribution < 1.29 is 18.7 Å². The van der Waals surface area contributed by atoms with Gasteiger partial charge in [-0.25, -0.2) is 9.37 Å². The molecule has 0 spiro atoms. The van der Waals surface area contributed by atoms with Crippen molar-refractivity contribution in [3.63, 3.8) is 0 Å². The lowest BCUT2D eigenvalue weighted by atomic mass is 10.2. The molecule has 1 amide bonds. The van der Waals surface area contributed by atoms with Crippen molar-refractivity contribution in [3.8, 4) is 11.5 Å². The Labute approximate surface area is 160 Å². The van der Waals surface area contributed by atoms with Gasteiger partial charge in [0.1, 0.15) is 5.75 Å². The topological polar surface area (TPSA) is 67.4 Å². The maximum atomic E-state index is 13.8. The molecule has 0 aliphatic heterocycles. The average molecular weight is 389 g/mol. The van der Waals surface area contributed by atoms with Crippen LogP contribution in [0.1, 0.15) is 5.56 Å². The van der Waals surface area contributed by atoms with Gasteiger partial charge in [-0.15, -0.1) is 0 Å². The van der Waals surface area contributed by atoms with Crippen LogP contribution in [0.25, 0.3) is 11.0 Å². The molecular formula is C19H20FN3O3S. The van der Waals surface area contributed by atoms with E-state index in [-0.39, 0.29) is 17.4 Å². The zero-order chi connectivity index (χ0) is 19.4. The predicted molar refractivity (Wildman–Crippen MR) is 103 cm³/mol. The lowest BCUT2D eigenvalue weighted by Crippen LogP contribution is -2.27. The number of halogens is 1. The van der Waals surface area contributed by atoms with E-state index in [1.807, 2.05) is 18.2 Å². The normalized spacial score (nSPS) is 10.8. The SMILES string of the molecule is COc1ccc2nc(SCC(=O)N(C)Cc3ccc(OC)c(F)c3)[nH]c2c1. The number of carbonyl (C=O) groups is 1. The number of H-pyrrole nitrogens is 1. The molecule has 1 aromatic heterocycles. The number of methoxy groups -OCH3 is 2. The maximum absolute atomic E-state index is 13.8. The summed E-state index contributed by atoms with van der Waals surface area (Å²) in [6.07, 6.45) is 0. The first-order chi connectivity index (χ1) is 13.0. The Morgan fingerprint density at radius 2 is 2.04 bits per heavy atom. The number of aromatic nitrogens is 2. The number of fused-ring (bicyclic) bond motifs is 1. The van der Waals surface area contributed by atoms with Gasteiger partial charge in [0.25, 0.3) is 0 Å². The van der Waals surface area contributed by atoms with Crippen molar-refractivity contribution in [2.75, 3.05) is 27.0 Å². The number of carbonyl (C=O) groups excluding carboxylic acids is 1. The number of ether oxygens (including phenoxy) is 2. The minimum atomic E-state index is -0.442. The molecule has 0 bridgehead atoms. The van der Waals surface area contributed by atoms with Gasteiger partial charge in [-0.3, -0.25) is 4.79 Å². The van der Waals surface area contributed by atoms with Crippen molar-refractivity contribution in [2.24, 2.45) is 0 Å². The monoisotopic (exact) mass is 389 g/mol. The van der Waals surface area contributed by atoms with Gasteiger partial charge >= 0.3 is 0 Å². The highest BCUT2D eigenvalue weighted by Crippen LogP contribution is 2.23. The first-order valence-corrected chi connectivity index (χ1v) is 9.21. The van der Waals surface area contributed by atoms with Crippen molar-refractivity contribution >= 4 is 28.7 Å². The van der Waals surface area contributed by atoms with E-state index in [4.69, 9.17) is 9.47 Å². The summed E-state index contributed by atoms with van der Waals surface area (Å²) in [5.74, 6) is 0.638. The molecule has 3 aromatic rings. The molecule has 27 heavy (non-hydrogen) atoms. The third-order valence-corrected chi connectivity index (χ3v) is 4.92. The lowest BCUT2D eigenvalue weighted by Gasteiger charge is -2.17. The van der Waals surface area contributed by atoms with Crippen LogP contribution in [0.3, 0.4) is 0 Å². The van der Waals surface area contributed by atoms with Crippen LogP contribution < -0.4 is 9.47 Å². The van der Waals surface area contributed by atoms with Crippen LogP contribution in [0.4, 0.5) is 4.39 Å². The van der Waals surface area contributed by atoms with Crippen LogP contribution in [-0.2, 0) is 11.3 Å². The number of nitrogens with one attached hydrogen (secondary N) is 1. The van der Waals surface area contributed by atoms with E-state index in [1.54, 1.807) is 31.2 Å². The van der Waals surface area contributed by atoms with Gasteiger partial charge in [0.2, 0.25) is 5.91 Å². The van der Waals surface area contributed by atoms with Crippen LogP contribution in [0.2, 0.25) is 0 Å². The summed E-state index contributed by atoms with van der Waals surface area (Å²) < 4.78 is 23.9. The lowest BCUT2D eigenvalue weighted by molar-refractivity contribution is -0.127. The van der Waals surface area contributed by atoms with Gasteiger partial charge < -0.3 is 19.4 Å². The van der Waals surface area contributed by atoms with Gasteiger partial charge in [0.05, 0.1) is 31.0 Å². The highest BCUT2D eigenvalue weighted by Gasteiger charge is 2.13. The third kappa shape index (κ3) is 4.51. The summed E-state index contributed by atoms with van der Waals surface area (Å²) in [5, 5.41) is 0.662. The molecular weight excluding hydrogens is 369 g/mol. The Bertz CT molecular complexity index is 961. The summed E-state index contributed by atoms with van der Waals surface area (Å²) in [5.41, 5.74) is 2.36. The van der Waals surface area contributed by atoms with Crippen LogP contribution in [0.15, 0.2) is 41.6 Å². The first kappa shape index (κ1) is 19.0. The summed E-state index contributed by atoms with van der Waals surface area (Å²) in [4.78, 5) is 21.5. The highest BCUT2D eigenvalue weighted by molar-refractivity contribution is 7.99. The minimum Gasteiger partial charge on any atom is -0.497 e. The molecule has 8 heteroatoms. The zero-order valence-corrected chi connectivity index (χ0v) is 16.1. The number of aromatic amines is 1. The molecule has 6 nitrogen and oxygen atoms in total. The third-order valence-electron chi connectivity index (χ3n) is 4.06. The molecule has 3 rings (SSSR count). The molecule has 142 valence electrons. The summed E-state index contributed by atoms with van der Waals surface area (Å²) >= 11 is 1.32. The van der Waals surface area contributed by atoms with Gasteiger partial charge in [0, 0.05) is 19.7 Å². The molecule has 0 unspecified atom stereocenters. The van der Waals surface area contributed by atoms with Crippen molar-refractivity contribution in [3.05, 3.63) is 47.8 Å². The molecule has 0 fully saturated rings. The summed E-state index contributed by atoms with van der Waals surface area (Å²) in [7, 11) is 4.71. The number of imidazole rings is 1. The molecule has 0 atom stereocenters. The molecule has 1 heterocycles. The number of nitrogens with zero attached hydrogens (tertiary/aromatic N) is 2. The number of thioether (sulfide) groups is 1.